The largest absolute Gasteiger partial charge is 0.494 e. The number of ether oxygens (including phenoxy) is 2. The highest BCUT2D eigenvalue weighted by molar-refractivity contribution is 5.31. The van der Waals surface area contributed by atoms with E-state index in [4.69, 9.17) is 9.47 Å². The van der Waals surface area contributed by atoms with E-state index >= 15 is 0 Å². The van der Waals surface area contributed by atoms with Crippen LogP contribution in [0.2, 0.25) is 0 Å². The number of rotatable bonds is 7. The van der Waals surface area contributed by atoms with Crippen molar-refractivity contribution in [1.82, 2.24) is 5.32 Å². The molecule has 3 nitrogen and oxygen atoms in total. The summed E-state index contributed by atoms with van der Waals surface area (Å²) in [6.07, 6.45) is 4.81. The van der Waals surface area contributed by atoms with Crippen molar-refractivity contribution in [3.63, 3.8) is 0 Å². The number of hydrogen-bond donors (Lipinski definition) is 1. The molecule has 1 aromatic rings. The van der Waals surface area contributed by atoms with E-state index in [1.54, 1.807) is 0 Å². The molecule has 1 heterocycles. The van der Waals surface area contributed by atoms with Gasteiger partial charge in [-0.1, -0.05) is 6.92 Å². The van der Waals surface area contributed by atoms with Gasteiger partial charge in [0.2, 0.25) is 0 Å². The second-order valence-electron chi connectivity index (χ2n) is 5.17. The molecule has 1 aliphatic heterocycles. The van der Waals surface area contributed by atoms with Gasteiger partial charge in [-0.2, -0.15) is 0 Å². The smallest absolute Gasteiger partial charge is 0.119 e. The third-order valence-electron chi connectivity index (χ3n) is 3.49. The minimum Gasteiger partial charge on any atom is -0.494 e. The standard InChI is InChI=1S/C16H25NO2/c1-2-11-18-15-5-7-16(8-6-15)19-12-9-14-4-3-10-17-13-14/h5-8,14,17H,2-4,9-13H2,1H3/t14-/m0/s1. The Morgan fingerprint density at radius 3 is 2.37 bits per heavy atom. The van der Waals surface area contributed by atoms with Crippen LogP contribution >= 0.6 is 0 Å². The number of benzene rings is 1. The molecule has 2 rings (SSSR count). The van der Waals surface area contributed by atoms with Crippen molar-refractivity contribution in [2.75, 3.05) is 26.3 Å². The molecule has 0 spiro atoms. The Morgan fingerprint density at radius 1 is 1.11 bits per heavy atom. The molecule has 1 fully saturated rings. The van der Waals surface area contributed by atoms with Gasteiger partial charge in [0, 0.05) is 0 Å². The first-order valence-corrected chi connectivity index (χ1v) is 7.45. The van der Waals surface area contributed by atoms with Gasteiger partial charge in [0.25, 0.3) is 0 Å². The molecule has 1 atom stereocenters. The molecule has 0 bridgehead atoms. The van der Waals surface area contributed by atoms with Crippen molar-refractivity contribution in [2.24, 2.45) is 5.92 Å². The maximum absolute atomic E-state index is 5.78. The van der Waals surface area contributed by atoms with Gasteiger partial charge in [-0.3, -0.25) is 0 Å². The molecule has 0 radical (unpaired) electrons. The van der Waals surface area contributed by atoms with Gasteiger partial charge in [0.1, 0.15) is 11.5 Å². The monoisotopic (exact) mass is 263 g/mol. The van der Waals surface area contributed by atoms with E-state index in [0.717, 1.165) is 50.0 Å². The van der Waals surface area contributed by atoms with Gasteiger partial charge < -0.3 is 14.8 Å². The zero-order chi connectivity index (χ0) is 13.3. The molecule has 0 aliphatic carbocycles. The van der Waals surface area contributed by atoms with Crippen molar-refractivity contribution in [3.8, 4) is 11.5 Å². The molecule has 0 amide bonds. The van der Waals surface area contributed by atoms with Crippen LogP contribution < -0.4 is 14.8 Å². The zero-order valence-electron chi connectivity index (χ0n) is 11.9. The molecule has 3 heteroatoms. The normalized spacial score (nSPS) is 19.1. The quantitative estimate of drug-likeness (QED) is 0.819. The van der Waals surface area contributed by atoms with Crippen LogP contribution in [-0.2, 0) is 0 Å². The number of nitrogens with one attached hydrogen (secondary N) is 1. The molecule has 1 N–H and O–H groups in total. The Balaban J connectivity index is 1.67. The summed E-state index contributed by atoms with van der Waals surface area (Å²) in [5.41, 5.74) is 0. The van der Waals surface area contributed by atoms with Crippen LogP contribution in [0.3, 0.4) is 0 Å². The highest BCUT2D eigenvalue weighted by Gasteiger charge is 2.12. The minimum atomic E-state index is 0.773. The lowest BCUT2D eigenvalue weighted by molar-refractivity contribution is 0.253. The average Bonchev–Trinajstić information content (AvgIpc) is 2.47. The molecule has 106 valence electrons. The second-order valence-corrected chi connectivity index (χ2v) is 5.17. The number of hydrogen-bond acceptors (Lipinski definition) is 3. The van der Waals surface area contributed by atoms with E-state index in [0.29, 0.717) is 0 Å². The maximum Gasteiger partial charge on any atom is 0.119 e. The van der Waals surface area contributed by atoms with E-state index in [2.05, 4.69) is 12.2 Å². The van der Waals surface area contributed by atoms with Gasteiger partial charge in [-0.25, -0.2) is 0 Å². The predicted octanol–water partition coefficient (Wildman–Crippen LogP) is 3.24. The van der Waals surface area contributed by atoms with E-state index in [1.165, 1.54) is 19.4 Å². The van der Waals surface area contributed by atoms with Gasteiger partial charge >= 0.3 is 0 Å². The van der Waals surface area contributed by atoms with Crippen LogP contribution in [-0.4, -0.2) is 26.3 Å². The summed E-state index contributed by atoms with van der Waals surface area (Å²) in [4.78, 5) is 0. The summed E-state index contributed by atoms with van der Waals surface area (Å²) in [5.74, 6) is 2.64. The topological polar surface area (TPSA) is 30.5 Å². The molecule has 0 unspecified atom stereocenters. The zero-order valence-corrected chi connectivity index (χ0v) is 11.9. The van der Waals surface area contributed by atoms with Crippen molar-refractivity contribution >= 4 is 0 Å². The Hall–Kier alpha value is -1.22. The molecule has 1 saturated heterocycles. The summed E-state index contributed by atoms with van der Waals surface area (Å²) in [5, 5.41) is 3.44. The Labute approximate surface area is 116 Å². The van der Waals surface area contributed by atoms with E-state index < -0.39 is 0 Å². The average molecular weight is 263 g/mol. The van der Waals surface area contributed by atoms with Crippen LogP contribution in [0.4, 0.5) is 0 Å². The highest BCUT2D eigenvalue weighted by Crippen LogP contribution is 2.19. The van der Waals surface area contributed by atoms with Crippen LogP contribution in [0.15, 0.2) is 24.3 Å². The first kappa shape index (κ1) is 14.2. The third-order valence-corrected chi connectivity index (χ3v) is 3.49. The fourth-order valence-electron chi connectivity index (χ4n) is 2.37. The Kier molecular flexibility index (Phi) is 6.02. The first-order chi connectivity index (χ1) is 9.38. The third kappa shape index (κ3) is 5.11. The van der Waals surface area contributed by atoms with Gasteiger partial charge in [-0.05, 0) is 69.0 Å². The molecule has 1 aliphatic rings. The van der Waals surface area contributed by atoms with Gasteiger partial charge in [0.15, 0.2) is 0 Å². The molecule has 1 aromatic carbocycles. The fourth-order valence-corrected chi connectivity index (χ4v) is 2.37. The number of piperidine rings is 1. The van der Waals surface area contributed by atoms with Crippen molar-refractivity contribution in [3.05, 3.63) is 24.3 Å². The molecule has 0 saturated carbocycles. The molecule has 19 heavy (non-hydrogen) atoms. The highest BCUT2D eigenvalue weighted by atomic mass is 16.5. The Morgan fingerprint density at radius 2 is 1.79 bits per heavy atom. The molecular formula is C16H25NO2. The lowest BCUT2D eigenvalue weighted by atomic mass is 9.97. The van der Waals surface area contributed by atoms with Crippen molar-refractivity contribution in [1.29, 1.82) is 0 Å². The molecular weight excluding hydrogens is 238 g/mol. The predicted molar refractivity (Wildman–Crippen MR) is 77.9 cm³/mol. The van der Waals surface area contributed by atoms with Crippen LogP contribution in [0, 0.1) is 5.92 Å². The van der Waals surface area contributed by atoms with E-state index in [-0.39, 0.29) is 0 Å². The van der Waals surface area contributed by atoms with Crippen LogP contribution in [0.25, 0.3) is 0 Å². The fraction of sp³-hybridized carbons (Fsp3) is 0.625. The lowest BCUT2D eigenvalue weighted by Gasteiger charge is -2.22. The first-order valence-electron chi connectivity index (χ1n) is 7.45. The summed E-state index contributed by atoms with van der Waals surface area (Å²) < 4.78 is 11.3. The van der Waals surface area contributed by atoms with Gasteiger partial charge in [-0.15, -0.1) is 0 Å². The van der Waals surface area contributed by atoms with Crippen molar-refractivity contribution in [2.45, 2.75) is 32.6 Å². The summed E-state index contributed by atoms with van der Waals surface area (Å²) in [6, 6.07) is 7.94. The van der Waals surface area contributed by atoms with E-state index in [1.807, 2.05) is 24.3 Å². The maximum atomic E-state index is 5.78. The van der Waals surface area contributed by atoms with Crippen LogP contribution in [0.1, 0.15) is 32.6 Å². The summed E-state index contributed by atoms with van der Waals surface area (Å²) >= 11 is 0. The Bertz CT molecular complexity index is 344. The summed E-state index contributed by atoms with van der Waals surface area (Å²) in [6.45, 7) is 6.01. The minimum absolute atomic E-state index is 0.773. The molecule has 0 aromatic heterocycles. The van der Waals surface area contributed by atoms with Crippen molar-refractivity contribution < 1.29 is 9.47 Å². The van der Waals surface area contributed by atoms with Gasteiger partial charge in [0.05, 0.1) is 13.2 Å². The summed E-state index contributed by atoms with van der Waals surface area (Å²) in [7, 11) is 0. The van der Waals surface area contributed by atoms with E-state index in [9.17, 15) is 0 Å². The lowest BCUT2D eigenvalue weighted by Crippen LogP contribution is -2.30. The SMILES string of the molecule is CCCOc1ccc(OCC[C@@H]2CCCNC2)cc1. The second kappa shape index (κ2) is 8.05. The van der Waals surface area contributed by atoms with Crippen LogP contribution in [0.5, 0.6) is 11.5 Å².